The van der Waals surface area contributed by atoms with Crippen molar-refractivity contribution in [3.8, 4) is 0 Å². The number of ether oxygens (including phenoxy) is 2. The molecule has 8 heteroatoms. The van der Waals surface area contributed by atoms with Crippen LogP contribution in [0.4, 0.5) is 0 Å². The first kappa shape index (κ1) is 23.6. The van der Waals surface area contributed by atoms with Gasteiger partial charge in [0.2, 0.25) is 0 Å². The predicted molar refractivity (Wildman–Crippen MR) is 110 cm³/mol. The Morgan fingerprint density at radius 1 is 0.900 bits per heavy atom. The summed E-state index contributed by atoms with van der Waals surface area (Å²) in [5, 5.41) is 0. The molecule has 2 rings (SSSR count). The maximum absolute atomic E-state index is 12.3. The van der Waals surface area contributed by atoms with Gasteiger partial charge < -0.3 is 9.47 Å². The molecule has 0 aliphatic rings. The van der Waals surface area contributed by atoms with Gasteiger partial charge in [0.05, 0.1) is 11.5 Å². The van der Waals surface area contributed by atoms with Crippen molar-refractivity contribution in [1.29, 1.82) is 0 Å². The van der Waals surface area contributed by atoms with Crippen LogP contribution in [-0.2, 0) is 40.0 Å². The SMILES string of the molecule is CCC(=O)OC[C@H](OC(=O)CC)c1ccc(COS(=O)(=O)c2ccc(C)cc2)cc1. The number of rotatable bonds is 10. The molecule has 0 saturated heterocycles. The summed E-state index contributed by atoms with van der Waals surface area (Å²) in [6.45, 7) is 4.99. The van der Waals surface area contributed by atoms with Crippen LogP contribution in [0.3, 0.4) is 0 Å². The Morgan fingerprint density at radius 3 is 2.07 bits per heavy atom. The quantitative estimate of drug-likeness (QED) is 0.414. The van der Waals surface area contributed by atoms with E-state index in [1.54, 1.807) is 50.2 Å². The maximum Gasteiger partial charge on any atom is 0.306 e. The summed E-state index contributed by atoms with van der Waals surface area (Å²) < 4.78 is 40.2. The van der Waals surface area contributed by atoms with Crippen molar-refractivity contribution in [2.24, 2.45) is 0 Å². The van der Waals surface area contributed by atoms with Crippen LogP contribution in [0.2, 0.25) is 0 Å². The highest BCUT2D eigenvalue weighted by atomic mass is 32.2. The Kier molecular flexibility index (Phi) is 8.56. The average molecular weight is 435 g/mol. The Morgan fingerprint density at radius 2 is 1.50 bits per heavy atom. The third-order valence-electron chi connectivity index (χ3n) is 4.29. The Bertz CT molecular complexity index is 948. The predicted octanol–water partition coefficient (Wildman–Crippen LogP) is 3.85. The molecule has 0 spiro atoms. The van der Waals surface area contributed by atoms with Gasteiger partial charge in [0.1, 0.15) is 6.61 Å². The second-order valence-electron chi connectivity index (χ2n) is 6.64. The molecular weight excluding hydrogens is 408 g/mol. The molecule has 162 valence electrons. The Hall–Kier alpha value is -2.71. The van der Waals surface area contributed by atoms with Crippen LogP contribution >= 0.6 is 0 Å². The van der Waals surface area contributed by atoms with Crippen molar-refractivity contribution in [2.75, 3.05) is 6.61 Å². The number of carbonyl (C=O) groups is 2. The molecule has 0 amide bonds. The van der Waals surface area contributed by atoms with Crippen LogP contribution in [0.5, 0.6) is 0 Å². The first-order valence-electron chi connectivity index (χ1n) is 9.65. The van der Waals surface area contributed by atoms with Gasteiger partial charge in [-0.05, 0) is 30.2 Å². The summed E-state index contributed by atoms with van der Waals surface area (Å²) in [4.78, 5) is 23.2. The molecule has 0 unspecified atom stereocenters. The molecule has 0 aromatic heterocycles. The zero-order chi connectivity index (χ0) is 22.1. The second-order valence-corrected chi connectivity index (χ2v) is 8.25. The highest BCUT2D eigenvalue weighted by molar-refractivity contribution is 7.86. The Balaban J connectivity index is 2.05. The zero-order valence-electron chi connectivity index (χ0n) is 17.3. The lowest BCUT2D eigenvalue weighted by Gasteiger charge is -2.18. The summed E-state index contributed by atoms with van der Waals surface area (Å²) >= 11 is 0. The maximum atomic E-state index is 12.3. The van der Waals surface area contributed by atoms with Crippen LogP contribution < -0.4 is 0 Å². The Labute approximate surface area is 177 Å². The molecule has 0 radical (unpaired) electrons. The van der Waals surface area contributed by atoms with Crippen LogP contribution in [0.25, 0.3) is 0 Å². The lowest BCUT2D eigenvalue weighted by Crippen LogP contribution is -2.18. The van der Waals surface area contributed by atoms with E-state index in [9.17, 15) is 18.0 Å². The lowest BCUT2D eigenvalue weighted by molar-refractivity contribution is -0.159. The van der Waals surface area contributed by atoms with Gasteiger partial charge in [-0.2, -0.15) is 8.42 Å². The fourth-order valence-electron chi connectivity index (χ4n) is 2.46. The van der Waals surface area contributed by atoms with Crippen molar-refractivity contribution >= 4 is 22.1 Å². The third kappa shape index (κ3) is 6.96. The van der Waals surface area contributed by atoms with Gasteiger partial charge in [-0.25, -0.2) is 0 Å². The number of benzene rings is 2. The number of hydrogen-bond acceptors (Lipinski definition) is 7. The molecule has 2 aromatic rings. The molecule has 30 heavy (non-hydrogen) atoms. The summed E-state index contributed by atoms with van der Waals surface area (Å²) in [6.07, 6.45) is -0.319. The van der Waals surface area contributed by atoms with Gasteiger partial charge in [0.25, 0.3) is 10.1 Å². The standard InChI is InChI=1S/C22H26O7S/c1-4-21(23)27-15-20(29-22(24)5-2)18-10-8-17(9-11-18)14-28-30(25,26)19-12-6-16(3)7-13-19/h6-13,20H,4-5,14-15H2,1-3H3/t20-/m0/s1. The smallest absolute Gasteiger partial charge is 0.306 e. The summed E-state index contributed by atoms with van der Waals surface area (Å²) in [5.41, 5.74) is 2.21. The molecule has 7 nitrogen and oxygen atoms in total. The van der Waals surface area contributed by atoms with E-state index in [-0.39, 0.29) is 36.9 Å². The van der Waals surface area contributed by atoms with Crippen LogP contribution in [0, 0.1) is 6.92 Å². The first-order valence-corrected chi connectivity index (χ1v) is 11.1. The summed E-state index contributed by atoms with van der Waals surface area (Å²) in [7, 11) is -3.87. The molecule has 0 N–H and O–H groups in total. The molecule has 0 bridgehead atoms. The van der Waals surface area contributed by atoms with E-state index in [0.29, 0.717) is 11.1 Å². The molecule has 0 aliphatic carbocycles. The van der Waals surface area contributed by atoms with Gasteiger partial charge in [-0.3, -0.25) is 13.8 Å². The van der Waals surface area contributed by atoms with Crippen LogP contribution in [0.1, 0.15) is 49.5 Å². The van der Waals surface area contributed by atoms with Crippen LogP contribution in [-0.4, -0.2) is 27.0 Å². The van der Waals surface area contributed by atoms with E-state index in [1.807, 2.05) is 6.92 Å². The van der Waals surface area contributed by atoms with Crippen LogP contribution in [0.15, 0.2) is 53.4 Å². The van der Waals surface area contributed by atoms with Gasteiger partial charge in [-0.1, -0.05) is 55.8 Å². The molecule has 0 heterocycles. The highest BCUT2D eigenvalue weighted by Gasteiger charge is 2.19. The first-order chi connectivity index (χ1) is 14.2. The van der Waals surface area contributed by atoms with Crippen molar-refractivity contribution < 1.29 is 31.7 Å². The van der Waals surface area contributed by atoms with E-state index in [0.717, 1.165) is 5.56 Å². The fraction of sp³-hybridized carbons (Fsp3) is 0.364. The third-order valence-corrected chi connectivity index (χ3v) is 5.57. The average Bonchev–Trinajstić information content (AvgIpc) is 2.75. The van der Waals surface area contributed by atoms with Gasteiger partial charge >= 0.3 is 11.9 Å². The largest absolute Gasteiger partial charge is 0.461 e. The van der Waals surface area contributed by atoms with Gasteiger partial charge in [0.15, 0.2) is 6.10 Å². The minimum absolute atomic E-state index is 0.0872. The normalized spacial score (nSPS) is 12.2. The minimum Gasteiger partial charge on any atom is -0.461 e. The lowest BCUT2D eigenvalue weighted by atomic mass is 10.1. The minimum atomic E-state index is -3.87. The van der Waals surface area contributed by atoms with E-state index >= 15 is 0 Å². The number of esters is 2. The molecule has 2 aromatic carbocycles. The van der Waals surface area contributed by atoms with Gasteiger partial charge in [-0.15, -0.1) is 0 Å². The number of carbonyl (C=O) groups excluding carboxylic acids is 2. The topological polar surface area (TPSA) is 96.0 Å². The fourth-order valence-corrected chi connectivity index (χ4v) is 3.35. The number of aryl methyl sites for hydroxylation is 1. The highest BCUT2D eigenvalue weighted by Crippen LogP contribution is 2.21. The molecule has 0 fully saturated rings. The molecular formula is C22H26O7S. The summed E-state index contributed by atoms with van der Waals surface area (Å²) in [6, 6.07) is 13.1. The zero-order valence-corrected chi connectivity index (χ0v) is 18.1. The van der Waals surface area contributed by atoms with Crippen molar-refractivity contribution in [1.82, 2.24) is 0 Å². The van der Waals surface area contributed by atoms with Crippen molar-refractivity contribution in [3.63, 3.8) is 0 Å². The van der Waals surface area contributed by atoms with Gasteiger partial charge in [0, 0.05) is 12.8 Å². The molecule has 0 aliphatic heterocycles. The van der Waals surface area contributed by atoms with E-state index in [4.69, 9.17) is 13.7 Å². The van der Waals surface area contributed by atoms with E-state index in [1.165, 1.54) is 12.1 Å². The van der Waals surface area contributed by atoms with Crippen molar-refractivity contribution in [3.05, 3.63) is 65.2 Å². The van der Waals surface area contributed by atoms with Crippen molar-refractivity contribution in [2.45, 2.75) is 51.2 Å². The van der Waals surface area contributed by atoms with E-state index < -0.39 is 22.2 Å². The second kappa shape index (κ2) is 10.9. The summed E-state index contributed by atoms with van der Waals surface area (Å²) in [5.74, 6) is -0.803. The molecule has 0 saturated carbocycles. The monoisotopic (exact) mass is 434 g/mol. The molecule has 1 atom stereocenters. The van der Waals surface area contributed by atoms with E-state index in [2.05, 4.69) is 0 Å². The number of hydrogen-bond donors (Lipinski definition) is 0.